The van der Waals surface area contributed by atoms with Crippen LogP contribution in [0.15, 0.2) is 36.4 Å². The smallest absolute Gasteiger partial charge is 0.337 e. The lowest BCUT2D eigenvalue weighted by molar-refractivity contribution is -0.148. The average Bonchev–Trinajstić information content (AvgIpc) is 2.58. The molecule has 1 aromatic heterocycles. The van der Waals surface area contributed by atoms with Gasteiger partial charge in [-0.2, -0.15) is 0 Å². The Morgan fingerprint density at radius 1 is 1.08 bits per heavy atom. The summed E-state index contributed by atoms with van der Waals surface area (Å²) >= 11 is 0. The summed E-state index contributed by atoms with van der Waals surface area (Å²) in [6, 6.07) is 10.3. The van der Waals surface area contributed by atoms with Crippen LogP contribution < -0.4 is 0 Å². The number of ether oxygens (including phenoxy) is 1. The molecule has 0 aliphatic rings. The molecule has 6 heteroatoms. The van der Waals surface area contributed by atoms with E-state index in [2.05, 4.69) is 9.97 Å². The molecule has 128 valence electrons. The zero-order valence-corrected chi connectivity index (χ0v) is 14.0. The number of rotatable bonds is 5. The van der Waals surface area contributed by atoms with Crippen molar-refractivity contribution < 1.29 is 19.4 Å². The lowest BCUT2D eigenvalue weighted by Gasteiger charge is -2.15. The first-order valence-electron chi connectivity index (χ1n) is 8.13. The van der Waals surface area contributed by atoms with E-state index in [1.165, 1.54) is 6.07 Å². The van der Waals surface area contributed by atoms with E-state index in [-0.39, 0.29) is 11.5 Å². The van der Waals surface area contributed by atoms with E-state index in [0.717, 1.165) is 12.0 Å². The number of carboxylic acids is 1. The second-order valence-electron chi connectivity index (χ2n) is 5.80. The molecule has 0 aliphatic carbocycles. The highest BCUT2D eigenvalue weighted by atomic mass is 16.5. The molecule has 1 atom stereocenters. The first-order valence-corrected chi connectivity index (χ1v) is 8.13. The molecule has 0 bridgehead atoms. The molecule has 2 aromatic carbocycles. The minimum Gasteiger partial charge on any atom is -0.478 e. The molecule has 0 spiro atoms. The van der Waals surface area contributed by atoms with Crippen molar-refractivity contribution in [3.63, 3.8) is 0 Å². The number of carbonyl (C=O) groups excluding carboxylic acids is 1. The van der Waals surface area contributed by atoms with Crippen LogP contribution in [0.25, 0.3) is 22.1 Å². The van der Waals surface area contributed by atoms with Crippen molar-refractivity contribution in [1.29, 1.82) is 0 Å². The van der Waals surface area contributed by atoms with Gasteiger partial charge in [0.05, 0.1) is 22.1 Å². The van der Waals surface area contributed by atoms with Crippen molar-refractivity contribution in [2.75, 3.05) is 0 Å². The molecule has 0 amide bonds. The molecule has 1 N–H and O–H groups in total. The molecule has 0 fully saturated rings. The number of carbonyl (C=O) groups is 2. The van der Waals surface area contributed by atoms with Gasteiger partial charge in [-0.3, -0.25) is 4.79 Å². The zero-order valence-electron chi connectivity index (χ0n) is 14.0. The Kier molecular flexibility index (Phi) is 4.61. The van der Waals surface area contributed by atoms with Crippen molar-refractivity contribution in [2.45, 2.75) is 32.8 Å². The van der Waals surface area contributed by atoms with Crippen molar-refractivity contribution >= 4 is 34.0 Å². The minimum atomic E-state index is -1.04. The first-order chi connectivity index (χ1) is 12.0. The van der Waals surface area contributed by atoms with Gasteiger partial charge in [-0.15, -0.1) is 0 Å². The highest BCUT2D eigenvalue weighted by Crippen LogP contribution is 2.27. The molecule has 1 unspecified atom stereocenters. The van der Waals surface area contributed by atoms with Crippen LogP contribution in [0.3, 0.4) is 0 Å². The van der Waals surface area contributed by atoms with Crippen LogP contribution in [0.4, 0.5) is 0 Å². The molecule has 0 aliphatic heterocycles. The van der Waals surface area contributed by atoms with Gasteiger partial charge < -0.3 is 9.84 Å². The highest BCUT2D eigenvalue weighted by molar-refractivity contribution is 6.02. The molecular weight excluding hydrogens is 320 g/mol. The number of aromatic nitrogens is 2. The van der Waals surface area contributed by atoms with Gasteiger partial charge in [0.25, 0.3) is 0 Å². The van der Waals surface area contributed by atoms with Crippen molar-refractivity contribution in [2.24, 2.45) is 0 Å². The number of para-hydroxylation sites is 2. The Morgan fingerprint density at radius 3 is 2.40 bits per heavy atom. The fourth-order valence-corrected chi connectivity index (χ4v) is 2.76. The molecule has 6 nitrogen and oxygen atoms in total. The van der Waals surface area contributed by atoms with Crippen LogP contribution in [0, 0.1) is 0 Å². The summed E-state index contributed by atoms with van der Waals surface area (Å²) in [4.78, 5) is 32.2. The van der Waals surface area contributed by atoms with Gasteiger partial charge in [0.15, 0.2) is 0 Å². The summed E-state index contributed by atoms with van der Waals surface area (Å²) in [6.07, 6.45) is 0.631. The lowest BCUT2D eigenvalue weighted by Crippen LogP contribution is -2.09. The Hall–Kier alpha value is -3.02. The van der Waals surface area contributed by atoms with E-state index in [0.29, 0.717) is 28.5 Å². The number of fused-ring (bicyclic) bond motifs is 2. The van der Waals surface area contributed by atoms with Gasteiger partial charge in [0.2, 0.25) is 0 Å². The fraction of sp³-hybridized carbons (Fsp3) is 0.263. The van der Waals surface area contributed by atoms with Gasteiger partial charge in [-0.25, -0.2) is 14.8 Å². The topological polar surface area (TPSA) is 89.4 Å². The standard InChI is InChI=1S/C19H18N2O4/c1-3-6-16(22)25-11(2)12-7-4-9-14-17(12)20-15-10-5-8-13(19(23)24)18(15)21-14/h4-5,7-11H,3,6H2,1-2H3,(H,23,24). The number of aromatic carboxylic acids is 1. The summed E-state index contributed by atoms with van der Waals surface area (Å²) in [5.74, 6) is -1.30. The second-order valence-corrected chi connectivity index (χ2v) is 5.80. The van der Waals surface area contributed by atoms with E-state index in [9.17, 15) is 14.7 Å². The summed E-state index contributed by atoms with van der Waals surface area (Å²) in [5.41, 5.74) is 2.87. The van der Waals surface area contributed by atoms with Crippen molar-refractivity contribution in [1.82, 2.24) is 9.97 Å². The molecule has 0 saturated heterocycles. The van der Waals surface area contributed by atoms with Gasteiger partial charge in [0, 0.05) is 12.0 Å². The summed E-state index contributed by atoms with van der Waals surface area (Å²) in [6.45, 7) is 3.71. The molecule has 1 heterocycles. The maximum atomic E-state index is 11.8. The number of carboxylic acid groups (broad SMARTS) is 1. The Morgan fingerprint density at radius 2 is 1.72 bits per heavy atom. The third-order valence-corrected chi connectivity index (χ3v) is 3.96. The first kappa shape index (κ1) is 16.8. The number of hydrogen-bond donors (Lipinski definition) is 1. The van der Waals surface area contributed by atoms with E-state index in [1.54, 1.807) is 31.2 Å². The van der Waals surface area contributed by atoms with Crippen LogP contribution in [-0.4, -0.2) is 27.0 Å². The zero-order chi connectivity index (χ0) is 18.0. The summed E-state index contributed by atoms with van der Waals surface area (Å²) in [7, 11) is 0. The molecule has 0 radical (unpaired) electrons. The third-order valence-electron chi connectivity index (χ3n) is 3.96. The largest absolute Gasteiger partial charge is 0.478 e. The Bertz CT molecular complexity index is 968. The van der Waals surface area contributed by atoms with Crippen LogP contribution in [0.2, 0.25) is 0 Å². The number of nitrogens with zero attached hydrogens (tertiary/aromatic N) is 2. The molecular formula is C19H18N2O4. The van der Waals surface area contributed by atoms with Crippen LogP contribution in [0.5, 0.6) is 0 Å². The Labute approximate surface area is 144 Å². The van der Waals surface area contributed by atoms with Crippen LogP contribution >= 0.6 is 0 Å². The van der Waals surface area contributed by atoms with E-state index >= 15 is 0 Å². The fourth-order valence-electron chi connectivity index (χ4n) is 2.76. The number of benzene rings is 2. The second kappa shape index (κ2) is 6.84. The van der Waals surface area contributed by atoms with Crippen molar-refractivity contribution in [3.8, 4) is 0 Å². The predicted octanol–water partition coefficient (Wildman–Crippen LogP) is 3.89. The van der Waals surface area contributed by atoms with E-state index < -0.39 is 12.1 Å². The average molecular weight is 338 g/mol. The van der Waals surface area contributed by atoms with Crippen molar-refractivity contribution in [3.05, 3.63) is 47.5 Å². The SMILES string of the molecule is CCCC(=O)OC(C)c1cccc2nc3c(C(=O)O)cccc3nc12. The minimum absolute atomic E-state index is 0.111. The highest BCUT2D eigenvalue weighted by Gasteiger charge is 2.17. The molecule has 0 saturated carbocycles. The quantitative estimate of drug-likeness (QED) is 0.561. The lowest BCUT2D eigenvalue weighted by atomic mass is 10.1. The number of esters is 1. The number of hydrogen-bond acceptors (Lipinski definition) is 5. The molecule has 25 heavy (non-hydrogen) atoms. The maximum absolute atomic E-state index is 11.8. The van der Waals surface area contributed by atoms with Gasteiger partial charge in [-0.1, -0.05) is 25.1 Å². The normalized spacial score (nSPS) is 12.2. The molecule has 3 rings (SSSR count). The van der Waals surface area contributed by atoms with Gasteiger partial charge >= 0.3 is 11.9 Å². The Balaban J connectivity index is 2.12. The molecule has 3 aromatic rings. The van der Waals surface area contributed by atoms with Gasteiger partial charge in [0.1, 0.15) is 11.6 Å². The predicted molar refractivity (Wildman–Crippen MR) is 93.4 cm³/mol. The van der Waals surface area contributed by atoms with E-state index in [1.807, 2.05) is 13.0 Å². The third kappa shape index (κ3) is 3.28. The summed E-state index contributed by atoms with van der Waals surface area (Å²) in [5, 5.41) is 9.32. The monoisotopic (exact) mass is 338 g/mol. The maximum Gasteiger partial charge on any atom is 0.337 e. The van der Waals surface area contributed by atoms with E-state index in [4.69, 9.17) is 4.74 Å². The van der Waals surface area contributed by atoms with Crippen LogP contribution in [-0.2, 0) is 9.53 Å². The summed E-state index contributed by atoms with van der Waals surface area (Å²) < 4.78 is 5.46. The van der Waals surface area contributed by atoms with Gasteiger partial charge in [-0.05, 0) is 31.5 Å². The van der Waals surface area contributed by atoms with Crippen LogP contribution in [0.1, 0.15) is 48.7 Å².